The molecule has 1 atom stereocenters. The van der Waals surface area contributed by atoms with Crippen molar-refractivity contribution in [1.82, 2.24) is 15.2 Å². The molecule has 5 rings (SSSR count). The quantitative estimate of drug-likeness (QED) is 0.511. The van der Waals surface area contributed by atoms with Gasteiger partial charge in [-0.15, -0.1) is 10.2 Å². The molecule has 3 heterocycles. The summed E-state index contributed by atoms with van der Waals surface area (Å²) in [6.45, 7) is 0.610. The van der Waals surface area contributed by atoms with Crippen molar-refractivity contribution >= 4 is 17.6 Å². The van der Waals surface area contributed by atoms with E-state index in [2.05, 4.69) is 20.5 Å². The van der Waals surface area contributed by atoms with E-state index in [4.69, 9.17) is 9.15 Å². The molecule has 1 spiro atoms. The van der Waals surface area contributed by atoms with E-state index >= 15 is 0 Å². The van der Waals surface area contributed by atoms with E-state index in [-0.39, 0.29) is 41.5 Å². The number of rotatable bonds is 6. The van der Waals surface area contributed by atoms with Crippen molar-refractivity contribution in [1.29, 1.82) is 0 Å². The van der Waals surface area contributed by atoms with Crippen LogP contribution in [0.5, 0.6) is 0 Å². The zero-order valence-electron chi connectivity index (χ0n) is 19.7. The number of carboxylic acid groups (broad SMARTS) is 1. The lowest BCUT2D eigenvalue weighted by molar-refractivity contribution is -0.146. The molecule has 10 heteroatoms. The predicted octanol–water partition coefficient (Wildman–Crippen LogP) is 4.56. The molecule has 2 N–H and O–H groups in total. The minimum absolute atomic E-state index is 0.0773. The van der Waals surface area contributed by atoms with Crippen LogP contribution in [0.1, 0.15) is 72.5 Å². The highest BCUT2D eigenvalue weighted by Crippen LogP contribution is 2.47. The molecule has 0 bridgehead atoms. The van der Waals surface area contributed by atoms with Crippen LogP contribution in [0.25, 0.3) is 0 Å². The summed E-state index contributed by atoms with van der Waals surface area (Å²) in [5.74, 6) is -1.83. The normalized spacial score (nSPS) is 23.9. The summed E-state index contributed by atoms with van der Waals surface area (Å²) in [4.78, 5) is 28.2. The van der Waals surface area contributed by atoms with Gasteiger partial charge in [0.2, 0.25) is 5.89 Å². The molecular weight excluding hydrogens is 467 g/mol. The van der Waals surface area contributed by atoms with Gasteiger partial charge in [0.1, 0.15) is 5.82 Å². The average Bonchev–Trinajstić information content (AvgIpc) is 3.34. The van der Waals surface area contributed by atoms with Crippen molar-refractivity contribution in [3.63, 3.8) is 0 Å². The van der Waals surface area contributed by atoms with Crippen molar-refractivity contribution in [3.05, 3.63) is 71.5 Å². The number of halogens is 1. The van der Waals surface area contributed by atoms with Gasteiger partial charge in [-0.25, -0.2) is 4.39 Å². The second-order valence-electron chi connectivity index (χ2n) is 9.68. The summed E-state index contributed by atoms with van der Waals surface area (Å²) in [6, 6.07) is 9.62. The number of aliphatic carboxylic acids is 1. The Morgan fingerprint density at radius 2 is 1.92 bits per heavy atom. The van der Waals surface area contributed by atoms with Gasteiger partial charge < -0.3 is 19.6 Å². The van der Waals surface area contributed by atoms with Crippen molar-refractivity contribution in [2.75, 3.05) is 11.9 Å². The number of pyridine rings is 1. The van der Waals surface area contributed by atoms with E-state index in [0.717, 1.165) is 31.4 Å². The molecule has 1 amide bonds. The van der Waals surface area contributed by atoms with Gasteiger partial charge in [-0.3, -0.25) is 14.6 Å². The molecule has 9 nitrogen and oxygen atoms in total. The maximum Gasteiger partial charge on any atom is 0.313 e. The Balaban J connectivity index is 1.13. The minimum atomic E-state index is -0.695. The average molecular weight is 495 g/mol. The van der Waals surface area contributed by atoms with Crippen LogP contribution in [0.15, 0.2) is 47.0 Å². The summed E-state index contributed by atoms with van der Waals surface area (Å²) < 4.78 is 24.9. The summed E-state index contributed by atoms with van der Waals surface area (Å²) in [5, 5.41) is 19.6. The summed E-state index contributed by atoms with van der Waals surface area (Å²) in [6.07, 6.45) is 6.65. The number of carboxylic acids is 1. The lowest BCUT2D eigenvalue weighted by atomic mass is 9.67. The molecule has 3 aromatic rings. The van der Waals surface area contributed by atoms with E-state index in [9.17, 15) is 19.1 Å². The first-order valence-corrected chi connectivity index (χ1v) is 12.1. The molecule has 1 unspecified atom stereocenters. The number of nitrogens with one attached hydrogen (secondary N) is 1. The zero-order valence-corrected chi connectivity index (χ0v) is 19.7. The molecule has 36 heavy (non-hydrogen) atoms. The predicted molar refractivity (Wildman–Crippen MR) is 126 cm³/mol. The third kappa shape index (κ3) is 5.43. The van der Waals surface area contributed by atoms with E-state index in [1.807, 2.05) is 6.07 Å². The highest BCUT2D eigenvalue weighted by Gasteiger charge is 2.41. The van der Waals surface area contributed by atoms with Crippen LogP contribution in [-0.4, -0.2) is 38.8 Å². The van der Waals surface area contributed by atoms with Gasteiger partial charge in [-0.05, 0) is 73.8 Å². The fourth-order valence-electron chi connectivity index (χ4n) is 5.07. The second-order valence-corrected chi connectivity index (χ2v) is 9.68. The van der Waals surface area contributed by atoms with Gasteiger partial charge >= 0.3 is 17.8 Å². The fraction of sp³-hybridized carbons (Fsp3) is 0.423. The van der Waals surface area contributed by atoms with Gasteiger partial charge in [0.15, 0.2) is 0 Å². The number of anilines is 1. The molecule has 1 aliphatic heterocycles. The van der Waals surface area contributed by atoms with Crippen LogP contribution >= 0.6 is 0 Å². The van der Waals surface area contributed by atoms with Crippen molar-refractivity contribution < 1.29 is 28.2 Å². The van der Waals surface area contributed by atoms with Crippen molar-refractivity contribution in [3.8, 4) is 0 Å². The number of nitrogens with zero attached hydrogens (tertiary/aromatic N) is 3. The molecule has 1 saturated heterocycles. The van der Waals surface area contributed by atoms with Crippen LogP contribution in [0.3, 0.4) is 0 Å². The Bertz CT molecular complexity index is 1230. The number of ether oxygens (including phenoxy) is 1. The molecule has 188 valence electrons. The Morgan fingerprint density at radius 3 is 2.58 bits per heavy atom. The number of carbonyl (C=O) groups is 2. The Kier molecular flexibility index (Phi) is 6.77. The zero-order chi connectivity index (χ0) is 25.1. The SMILES string of the molecule is O=C(Nc1ccc(C2CCC3(CCC(C(=O)O)CC3)CO2)nc1)c1nnc(Cc2cccc(F)c2)o1. The molecule has 2 aliphatic rings. The van der Waals surface area contributed by atoms with E-state index in [0.29, 0.717) is 30.7 Å². The molecule has 2 aromatic heterocycles. The second kappa shape index (κ2) is 10.1. The molecule has 2 fully saturated rings. The maximum atomic E-state index is 13.4. The number of benzene rings is 1. The number of carbonyl (C=O) groups excluding carboxylic acids is 1. The van der Waals surface area contributed by atoms with Crippen molar-refractivity contribution in [2.24, 2.45) is 11.3 Å². The maximum absolute atomic E-state index is 13.4. The lowest BCUT2D eigenvalue weighted by Crippen LogP contribution is -2.38. The Labute approximate surface area is 207 Å². The largest absolute Gasteiger partial charge is 0.481 e. The fourth-order valence-corrected chi connectivity index (χ4v) is 5.07. The molecular formula is C26H27FN4O5. The van der Waals surface area contributed by atoms with Gasteiger partial charge in [-0.2, -0.15) is 0 Å². The number of amides is 1. The topological polar surface area (TPSA) is 127 Å². The first kappa shape index (κ1) is 24.1. The number of hydrogen-bond acceptors (Lipinski definition) is 7. The van der Waals surface area contributed by atoms with Gasteiger partial charge in [0.25, 0.3) is 0 Å². The summed E-state index contributed by atoms with van der Waals surface area (Å²) in [5.41, 5.74) is 2.01. The molecule has 0 radical (unpaired) electrons. The van der Waals surface area contributed by atoms with Gasteiger partial charge in [-0.1, -0.05) is 12.1 Å². The molecule has 1 aliphatic carbocycles. The van der Waals surface area contributed by atoms with E-state index in [1.54, 1.807) is 24.4 Å². The number of aromatic nitrogens is 3. The number of hydrogen-bond donors (Lipinski definition) is 2. The Morgan fingerprint density at radius 1 is 1.11 bits per heavy atom. The van der Waals surface area contributed by atoms with E-state index in [1.165, 1.54) is 12.1 Å². The van der Waals surface area contributed by atoms with Crippen LogP contribution in [0.4, 0.5) is 10.1 Å². The standard InChI is InChI=1S/C26H27FN4O5/c27-18-3-1-2-16(12-18)13-22-30-31-24(36-22)23(32)29-19-4-5-20(28-14-19)21-8-11-26(15-35-21)9-6-17(7-10-26)25(33)34/h1-5,12,14,17,21H,6-11,13,15H2,(H,29,32)(H,33,34). The third-order valence-corrected chi connectivity index (χ3v) is 7.20. The van der Waals surface area contributed by atoms with Crippen LogP contribution in [-0.2, 0) is 16.0 Å². The van der Waals surface area contributed by atoms with Crippen LogP contribution in [0.2, 0.25) is 0 Å². The third-order valence-electron chi connectivity index (χ3n) is 7.20. The monoisotopic (exact) mass is 494 g/mol. The van der Waals surface area contributed by atoms with E-state index < -0.39 is 11.9 Å². The smallest absolute Gasteiger partial charge is 0.313 e. The Hall–Kier alpha value is -3.66. The van der Waals surface area contributed by atoms with Crippen molar-refractivity contribution in [2.45, 2.75) is 51.0 Å². The molecule has 1 aromatic carbocycles. The summed E-state index contributed by atoms with van der Waals surface area (Å²) >= 11 is 0. The first-order valence-electron chi connectivity index (χ1n) is 12.1. The van der Waals surface area contributed by atoms with Gasteiger partial charge in [0.05, 0.1) is 42.6 Å². The highest BCUT2D eigenvalue weighted by molar-refractivity contribution is 6.00. The first-order chi connectivity index (χ1) is 17.4. The molecule has 1 saturated carbocycles. The minimum Gasteiger partial charge on any atom is -0.481 e. The highest BCUT2D eigenvalue weighted by atomic mass is 19.1. The lowest BCUT2D eigenvalue weighted by Gasteiger charge is -2.43. The summed E-state index contributed by atoms with van der Waals surface area (Å²) in [7, 11) is 0. The van der Waals surface area contributed by atoms with Crippen LogP contribution < -0.4 is 5.32 Å². The van der Waals surface area contributed by atoms with Crippen LogP contribution in [0, 0.1) is 17.2 Å². The van der Waals surface area contributed by atoms with Gasteiger partial charge in [0, 0.05) is 0 Å².